The topological polar surface area (TPSA) is 78.9 Å². The Labute approximate surface area is 224 Å². The largest absolute Gasteiger partial charge is 0.490 e. The summed E-state index contributed by atoms with van der Waals surface area (Å²) in [6.45, 7) is 8.38. The lowest BCUT2D eigenvalue weighted by Gasteiger charge is -2.08. The first-order valence-corrected chi connectivity index (χ1v) is 12.3. The fraction of sp³-hybridized carbons (Fsp3) is 0.100. The van der Waals surface area contributed by atoms with E-state index in [1.807, 2.05) is 48.5 Å². The summed E-state index contributed by atoms with van der Waals surface area (Å²) in [6.07, 6.45) is 3.08. The van der Waals surface area contributed by atoms with Crippen molar-refractivity contribution in [3.8, 4) is 22.6 Å². The van der Waals surface area contributed by atoms with Gasteiger partial charge in [0.2, 0.25) is 10.9 Å². The van der Waals surface area contributed by atoms with Gasteiger partial charge in [-0.1, -0.05) is 55.6 Å². The molecule has 0 saturated carbocycles. The second kappa shape index (κ2) is 13.8. The maximum absolute atomic E-state index is 12.7. The van der Waals surface area contributed by atoms with Crippen LogP contribution in [0.1, 0.15) is 12.5 Å². The highest BCUT2D eigenvalue weighted by Gasteiger charge is 2.09. The molecule has 0 radical (unpaired) electrons. The van der Waals surface area contributed by atoms with Crippen LogP contribution in [-0.4, -0.2) is 30.3 Å². The summed E-state index contributed by atoms with van der Waals surface area (Å²) in [5.41, 5.74) is 3.03. The minimum absolute atomic E-state index is 0.141. The van der Waals surface area contributed by atoms with E-state index in [1.54, 1.807) is 25.1 Å². The van der Waals surface area contributed by atoms with Gasteiger partial charge in [-0.05, 0) is 77.9 Å². The molecule has 0 heterocycles. The zero-order valence-electron chi connectivity index (χ0n) is 20.6. The Kier molecular flexibility index (Phi) is 10.2. The van der Waals surface area contributed by atoms with Crippen molar-refractivity contribution >= 4 is 34.9 Å². The molecule has 3 rings (SSSR count). The van der Waals surface area contributed by atoms with Crippen LogP contribution in [-0.2, 0) is 19.1 Å². The second-order valence-electron chi connectivity index (χ2n) is 7.93. The summed E-state index contributed by atoms with van der Waals surface area (Å²) in [5, 5.41) is -0.155. The van der Waals surface area contributed by atoms with E-state index in [0.717, 1.165) is 27.8 Å². The minimum Gasteiger partial charge on any atom is -0.490 e. The van der Waals surface area contributed by atoms with E-state index in [4.69, 9.17) is 14.2 Å². The molecule has 0 N–H and O–H groups in total. The number of halogens is 1. The van der Waals surface area contributed by atoms with Crippen molar-refractivity contribution in [2.75, 3.05) is 13.2 Å². The van der Waals surface area contributed by atoms with Crippen molar-refractivity contribution in [2.45, 2.75) is 11.8 Å². The van der Waals surface area contributed by atoms with E-state index in [2.05, 4.69) is 13.2 Å². The van der Waals surface area contributed by atoms with Crippen LogP contribution >= 0.6 is 11.8 Å². The molecule has 0 saturated heterocycles. The Balaban J connectivity index is 1.48. The molecule has 0 fully saturated rings. The fourth-order valence-corrected chi connectivity index (χ4v) is 3.64. The first kappa shape index (κ1) is 28.1. The molecule has 0 aliphatic carbocycles. The molecule has 0 aliphatic rings. The van der Waals surface area contributed by atoms with E-state index in [-0.39, 0.29) is 24.1 Å². The highest BCUT2D eigenvalue weighted by atomic mass is 32.2. The maximum Gasteiger partial charge on any atom is 0.371 e. The summed E-state index contributed by atoms with van der Waals surface area (Å²) in [6, 6.07) is 21.4. The Morgan fingerprint density at radius 2 is 1.39 bits per heavy atom. The number of thioether (sulfide) groups is 1. The van der Waals surface area contributed by atoms with Crippen LogP contribution < -0.4 is 9.47 Å². The lowest BCUT2D eigenvalue weighted by atomic mass is 10.1. The zero-order chi connectivity index (χ0) is 27.5. The molecule has 0 aromatic heterocycles. The predicted molar refractivity (Wildman–Crippen MR) is 145 cm³/mol. The van der Waals surface area contributed by atoms with E-state index in [1.165, 1.54) is 18.2 Å². The van der Waals surface area contributed by atoms with Gasteiger partial charge in [0.15, 0.2) is 0 Å². The normalized spacial score (nSPS) is 10.6. The van der Waals surface area contributed by atoms with Gasteiger partial charge in [-0.2, -0.15) is 4.39 Å². The third kappa shape index (κ3) is 8.90. The first-order chi connectivity index (χ1) is 18.2. The molecule has 3 aromatic carbocycles. The molecule has 6 nitrogen and oxygen atoms in total. The standard InChI is InChI=1S/C30H25FO6S/c1-20(2)29(33)36-19-18-35-25-13-7-23(8-14-25)24-9-15-27(16-10-24)38-28(32)17-6-22-4-11-26(12-5-22)37-30(34)21(3)31/h4-17H,1,3,18-19H2,2H3/b17-6+. The molecule has 3 aromatic rings. The molecule has 0 aliphatic heterocycles. The molecule has 8 heteroatoms. The number of hydrogen-bond acceptors (Lipinski definition) is 7. The molecular formula is C30H25FO6S. The van der Waals surface area contributed by atoms with Gasteiger partial charge in [-0.3, -0.25) is 4.79 Å². The Morgan fingerprint density at radius 3 is 1.97 bits per heavy atom. The fourth-order valence-electron chi connectivity index (χ4n) is 3.00. The first-order valence-electron chi connectivity index (χ1n) is 11.4. The third-order valence-electron chi connectivity index (χ3n) is 4.92. The molecular weight excluding hydrogens is 507 g/mol. The Bertz CT molecular complexity index is 1340. The number of carbonyl (C=O) groups is 3. The molecule has 0 atom stereocenters. The number of carbonyl (C=O) groups excluding carboxylic acids is 3. The summed E-state index contributed by atoms with van der Waals surface area (Å²) in [7, 11) is 0. The van der Waals surface area contributed by atoms with Gasteiger partial charge >= 0.3 is 11.9 Å². The molecule has 0 spiro atoms. The van der Waals surface area contributed by atoms with E-state index in [0.29, 0.717) is 16.9 Å². The summed E-state index contributed by atoms with van der Waals surface area (Å²) in [5.74, 6) is -1.93. The van der Waals surface area contributed by atoms with Gasteiger partial charge in [0.25, 0.3) is 0 Å². The molecule has 194 valence electrons. The third-order valence-corrected chi connectivity index (χ3v) is 5.76. The van der Waals surface area contributed by atoms with Gasteiger partial charge < -0.3 is 14.2 Å². The van der Waals surface area contributed by atoms with Crippen molar-refractivity contribution in [3.63, 3.8) is 0 Å². The van der Waals surface area contributed by atoms with Gasteiger partial charge in [0.05, 0.1) is 0 Å². The van der Waals surface area contributed by atoms with Gasteiger partial charge in [-0.15, -0.1) is 0 Å². The highest BCUT2D eigenvalue weighted by molar-refractivity contribution is 8.14. The van der Waals surface area contributed by atoms with Crippen LogP contribution in [0.4, 0.5) is 4.39 Å². The SMILES string of the molecule is C=C(C)C(=O)OCCOc1ccc(-c2ccc(SC(=O)/C=C/c3ccc(OC(=O)C(=C)F)cc3)cc2)cc1. The summed E-state index contributed by atoms with van der Waals surface area (Å²) >= 11 is 1.09. The van der Waals surface area contributed by atoms with Crippen LogP contribution in [0.25, 0.3) is 17.2 Å². The van der Waals surface area contributed by atoms with Crippen molar-refractivity contribution in [3.05, 3.63) is 109 Å². The van der Waals surface area contributed by atoms with Crippen LogP contribution in [0.5, 0.6) is 11.5 Å². The van der Waals surface area contributed by atoms with Gasteiger partial charge in [0.1, 0.15) is 24.7 Å². The van der Waals surface area contributed by atoms with Crippen LogP contribution in [0.3, 0.4) is 0 Å². The summed E-state index contributed by atoms with van der Waals surface area (Å²) < 4.78 is 28.1. The van der Waals surface area contributed by atoms with E-state index in [9.17, 15) is 18.8 Å². The molecule has 0 amide bonds. The number of hydrogen-bond donors (Lipinski definition) is 0. The van der Waals surface area contributed by atoms with E-state index >= 15 is 0 Å². The number of esters is 2. The predicted octanol–water partition coefficient (Wildman–Crippen LogP) is 6.57. The number of rotatable bonds is 11. The minimum atomic E-state index is -1.18. The van der Waals surface area contributed by atoms with Crippen molar-refractivity contribution < 1.29 is 33.0 Å². The average molecular weight is 533 g/mol. The monoisotopic (exact) mass is 532 g/mol. The molecule has 0 bridgehead atoms. The quantitative estimate of drug-likeness (QED) is 0.0908. The summed E-state index contributed by atoms with van der Waals surface area (Å²) in [4.78, 5) is 35.7. The van der Waals surface area contributed by atoms with Gasteiger partial charge in [0, 0.05) is 10.5 Å². The average Bonchev–Trinajstić information content (AvgIpc) is 2.91. The van der Waals surface area contributed by atoms with Crippen molar-refractivity contribution in [2.24, 2.45) is 0 Å². The molecule has 0 unspecified atom stereocenters. The highest BCUT2D eigenvalue weighted by Crippen LogP contribution is 2.27. The Hall–Kier alpha value is -4.43. The number of ether oxygens (including phenoxy) is 3. The lowest BCUT2D eigenvalue weighted by Crippen LogP contribution is -2.12. The van der Waals surface area contributed by atoms with E-state index < -0.39 is 17.8 Å². The van der Waals surface area contributed by atoms with Crippen LogP contribution in [0.2, 0.25) is 0 Å². The second-order valence-corrected chi connectivity index (χ2v) is 9.01. The maximum atomic E-state index is 12.7. The van der Waals surface area contributed by atoms with Crippen LogP contribution in [0, 0.1) is 0 Å². The Morgan fingerprint density at radius 1 is 0.816 bits per heavy atom. The smallest absolute Gasteiger partial charge is 0.371 e. The van der Waals surface area contributed by atoms with Crippen molar-refractivity contribution in [1.82, 2.24) is 0 Å². The molecule has 38 heavy (non-hydrogen) atoms. The lowest BCUT2D eigenvalue weighted by molar-refractivity contribution is -0.139. The van der Waals surface area contributed by atoms with Gasteiger partial charge in [-0.25, -0.2) is 9.59 Å². The number of benzene rings is 3. The van der Waals surface area contributed by atoms with Crippen molar-refractivity contribution in [1.29, 1.82) is 0 Å². The van der Waals surface area contributed by atoms with Crippen LogP contribution in [0.15, 0.2) is 108 Å². The zero-order valence-corrected chi connectivity index (χ0v) is 21.5.